The second-order valence-electron chi connectivity index (χ2n) is 8.36. The van der Waals surface area contributed by atoms with E-state index in [-0.39, 0.29) is 5.54 Å². The molecule has 0 radical (unpaired) electrons. The Balaban J connectivity index is 1.94. The van der Waals surface area contributed by atoms with Gasteiger partial charge in [-0.05, 0) is 58.9 Å². The lowest BCUT2D eigenvalue weighted by atomic mass is 10.0. The van der Waals surface area contributed by atoms with Crippen molar-refractivity contribution >= 4 is 11.0 Å². The van der Waals surface area contributed by atoms with E-state index in [0.717, 1.165) is 26.2 Å². The summed E-state index contributed by atoms with van der Waals surface area (Å²) < 4.78 is 21.4. The Morgan fingerprint density at radius 2 is 1.77 bits per heavy atom. The van der Waals surface area contributed by atoms with E-state index in [0.29, 0.717) is 17.2 Å². The molecule has 6 nitrogen and oxygen atoms in total. The Morgan fingerprint density at radius 3 is 2.31 bits per heavy atom. The molecule has 0 amide bonds. The van der Waals surface area contributed by atoms with Crippen LogP contribution in [0.25, 0.3) is 0 Å². The minimum Gasteiger partial charge on any atom is -0.485 e. The van der Waals surface area contributed by atoms with Gasteiger partial charge in [-0.15, -0.1) is 0 Å². The zero-order chi connectivity index (χ0) is 19.4. The van der Waals surface area contributed by atoms with E-state index in [1.54, 1.807) is 24.3 Å². The van der Waals surface area contributed by atoms with E-state index in [1.165, 1.54) is 0 Å². The molecule has 1 aliphatic heterocycles. The molecular formula is C19H33N3O3S. The van der Waals surface area contributed by atoms with Gasteiger partial charge in [0.15, 0.2) is 0 Å². The van der Waals surface area contributed by atoms with Crippen LogP contribution in [0.2, 0.25) is 0 Å². The number of hydrogen-bond donors (Lipinski definition) is 3. The van der Waals surface area contributed by atoms with E-state index < -0.39 is 22.7 Å². The van der Waals surface area contributed by atoms with Gasteiger partial charge in [-0.1, -0.05) is 0 Å². The highest BCUT2D eigenvalue weighted by molar-refractivity contribution is 7.83. The standard InChI is InChI=1S/C19H33N3O3S/c1-18(2,3)21-26(24)16-8-6-15(7-9-16)25-19(4,5)17(23)14-22-12-10-20-11-13-22/h6-9,17,20-21,23H,10-14H2,1-5H3. The number of nitrogens with one attached hydrogen (secondary N) is 2. The molecule has 2 rings (SSSR count). The summed E-state index contributed by atoms with van der Waals surface area (Å²) in [7, 11) is -1.27. The summed E-state index contributed by atoms with van der Waals surface area (Å²) in [6.45, 7) is 14.1. The first-order valence-electron chi connectivity index (χ1n) is 9.17. The normalized spacial score (nSPS) is 19.2. The number of aliphatic hydroxyl groups is 1. The zero-order valence-corrected chi connectivity index (χ0v) is 17.4. The number of rotatable bonds is 7. The highest BCUT2D eigenvalue weighted by atomic mass is 32.2. The first kappa shape index (κ1) is 21.3. The van der Waals surface area contributed by atoms with Crippen LogP contribution in [-0.2, 0) is 11.0 Å². The molecule has 26 heavy (non-hydrogen) atoms. The third-order valence-electron chi connectivity index (χ3n) is 4.26. The number of ether oxygens (including phenoxy) is 1. The predicted molar refractivity (Wildman–Crippen MR) is 106 cm³/mol. The van der Waals surface area contributed by atoms with Gasteiger partial charge in [-0.2, -0.15) is 0 Å². The predicted octanol–water partition coefficient (Wildman–Crippen LogP) is 1.52. The van der Waals surface area contributed by atoms with Crippen molar-refractivity contribution < 1.29 is 14.1 Å². The summed E-state index contributed by atoms with van der Waals surface area (Å²) in [6.07, 6.45) is -0.600. The van der Waals surface area contributed by atoms with Gasteiger partial charge in [0.2, 0.25) is 0 Å². The average Bonchev–Trinajstić information content (AvgIpc) is 2.54. The summed E-state index contributed by atoms with van der Waals surface area (Å²) in [5.41, 5.74) is -0.939. The summed E-state index contributed by atoms with van der Waals surface area (Å²) in [5.74, 6) is 0.658. The summed E-state index contributed by atoms with van der Waals surface area (Å²) in [5, 5.41) is 13.9. The van der Waals surface area contributed by atoms with Gasteiger partial charge in [0, 0.05) is 38.3 Å². The molecular weight excluding hydrogens is 350 g/mol. The van der Waals surface area contributed by atoms with E-state index in [4.69, 9.17) is 4.74 Å². The first-order chi connectivity index (χ1) is 12.1. The quantitative estimate of drug-likeness (QED) is 0.666. The van der Waals surface area contributed by atoms with Gasteiger partial charge >= 0.3 is 0 Å². The summed E-state index contributed by atoms with van der Waals surface area (Å²) >= 11 is 0. The second kappa shape index (κ2) is 8.80. The number of hydrogen-bond acceptors (Lipinski definition) is 5. The molecule has 1 aliphatic rings. The highest BCUT2D eigenvalue weighted by Gasteiger charge is 2.32. The van der Waals surface area contributed by atoms with Crippen LogP contribution in [0.15, 0.2) is 29.2 Å². The van der Waals surface area contributed by atoms with Crippen molar-refractivity contribution in [3.63, 3.8) is 0 Å². The van der Waals surface area contributed by atoms with Crippen molar-refractivity contribution in [3.8, 4) is 5.75 Å². The highest BCUT2D eigenvalue weighted by Crippen LogP contribution is 2.23. The molecule has 1 aromatic carbocycles. The summed E-state index contributed by atoms with van der Waals surface area (Å²) in [6, 6.07) is 7.19. The minimum absolute atomic E-state index is 0.226. The van der Waals surface area contributed by atoms with Crippen LogP contribution in [0.3, 0.4) is 0 Å². The number of β-amino-alcohol motifs (C(OH)–C–C–N with tert-alkyl or cyclic N) is 1. The Kier molecular flexibility index (Phi) is 7.21. The molecule has 3 N–H and O–H groups in total. The van der Waals surface area contributed by atoms with Crippen LogP contribution < -0.4 is 14.8 Å². The van der Waals surface area contributed by atoms with Crippen LogP contribution in [0.4, 0.5) is 0 Å². The molecule has 0 spiro atoms. The molecule has 1 heterocycles. The Hall–Kier alpha value is -0.990. The van der Waals surface area contributed by atoms with Gasteiger partial charge < -0.3 is 15.2 Å². The Labute approximate surface area is 159 Å². The van der Waals surface area contributed by atoms with Crippen LogP contribution in [-0.4, -0.2) is 64.2 Å². The first-order valence-corrected chi connectivity index (χ1v) is 10.3. The summed E-state index contributed by atoms with van der Waals surface area (Å²) in [4.78, 5) is 2.95. The van der Waals surface area contributed by atoms with Crippen LogP contribution in [0, 0.1) is 0 Å². The number of aliphatic hydroxyl groups excluding tert-OH is 1. The lowest BCUT2D eigenvalue weighted by Gasteiger charge is -2.36. The minimum atomic E-state index is -1.27. The lowest BCUT2D eigenvalue weighted by Crippen LogP contribution is -2.52. The molecule has 7 heteroatoms. The molecule has 2 atom stereocenters. The monoisotopic (exact) mass is 383 g/mol. The van der Waals surface area contributed by atoms with Crippen molar-refractivity contribution in [1.82, 2.24) is 14.9 Å². The van der Waals surface area contributed by atoms with Gasteiger partial charge in [-0.3, -0.25) is 4.90 Å². The van der Waals surface area contributed by atoms with Gasteiger partial charge in [0.05, 0.1) is 4.90 Å². The SMILES string of the molecule is CC(C)(C)NS(=O)c1ccc(OC(C)(C)C(O)CN2CCNCC2)cc1. The van der Waals surface area contributed by atoms with Crippen LogP contribution in [0.1, 0.15) is 34.6 Å². The van der Waals surface area contributed by atoms with Gasteiger partial charge in [0.1, 0.15) is 28.4 Å². The molecule has 148 valence electrons. The molecule has 1 fully saturated rings. The number of nitrogens with zero attached hydrogens (tertiary/aromatic N) is 1. The maximum absolute atomic E-state index is 12.3. The molecule has 0 aliphatic carbocycles. The average molecular weight is 384 g/mol. The topological polar surface area (TPSA) is 73.8 Å². The van der Waals surface area contributed by atoms with Crippen molar-refractivity contribution in [2.45, 2.75) is 56.8 Å². The van der Waals surface area contributed by atoms with Crippen LogP contribution >= 0.6 is 0 Å². The van der Waals surface area contributed by atoms with Crippen molar-refractivity contribution in [2.24, 2.45) is 0 Å². The Bertz CT molecular complexity index is 593. The van der Waals surface area contributed by atoms with Crippen molar-refractivity contribution in [2.75, 3.05) is 32.7 Å². The Morgan fingerprint density at radius 1 is 1.19 bits per heavy atom. The smallest absolute Gasteiger partial charge is 0.130 e. The molecule has 0 bridgehead atoms. The maximum atomic E-state index is 12.3. The zero-order valence-electron chi connectivity index (χ0n) is 16.5. The molecule has 1 aromatic rings. The third-order valence-corrected chi connectivity index (χ3v) is 5.76. The van der Waals surface area contributed by atoms with E-state index in [2.05, 4.69) is 14.9 Å². The number of piperazine rings is 1. The van der Waals surface area contributed by atoms with Crippen molar-refractivity contribution in [1.29, 1.82) is 0 Å². The maximum Gasteiger partial charge on any atom is 0.130 e. The van der Waals surface area contributed by atoms with Gasteiger partial charge in [-0.25, -0.2) is 8.93 Å². The fourth-order valence-corrected chi connectivity index (χ4v) is 3.76. The number of benzene rings is 1. The third kappa shape index (κ3) is 6.63. The largest absolute Gasteiger partial charge is 0.485 e. The fourth-order valence-electron chi connectivity index (χ4n) is 2.70. The van der Waals surface area contributed by atoms with Gasteiger partial charge in [0.25, 0.3) is 0 Å². The molecule has 0 saturated carbocycles. The molecule has 2 unspecified atom stereocenters. The second-order valence-corrected chi connectivity index (χ2v) is 9.58. The van der Waals surface area contributed by atoms with E-state index in [1.807, 2.05) is 34.6 Å². The van der Waals surface area contributed by atoms with E-state index >= 15 is 0 Å². The molecule has 1 saturated heterocycles. The van der Waals surface area contributed by atoms with Crippen LogP contribution in [0.5, 0.6) is 5.75 Å². The van der Waals surface area contributed by atoms with E-state index in [9.17, 15) is 9.32 Å². The fraction of sp³-hybridized carbons (Fsp3) is 0.684. The lowest BCUT2D eigenvalue weighted by molar-refractivity contribution is -0.0456. The van der Waals surface area contributed by atoms with Crippen molar-refractivity contribution in [3.05, 3.63) is 24.3 Å². The molecule has 0 aromatic heterocycles.